The molecule has 0 spiro atoms. The zero-order chi connectivity index (χ0) is 22.3. The van der Waals surface area contributed by atoms with Gasteiger partial charge < -0.3 is 4.74 Å². The molecule has 2 aliphatic rings. The van der Waals surface area contributed by atoms with Crippen molar-refractivity contribution in [3.8, 4) is 0 Å². The van der Waals surface area contributed by atoms with Crippen LogP contribution >= 0.6 is 47.2 Å². The molecular formula is C21H14Cl2N2O4S2. The van der Waals surface area contributed by atoms with Gasteiger partial charge in [-0.15, -0.1) is 0 Å². The number of esters is 1. The Labute approximate surface area is 197 Å². The van der Waals surface area contributed by atoms with Crippen molar-refractivity contribution < 1.29 is 19.1 Å². The average molecular weight is 493 g/mol. The van der Waals surface area contributed by atoms with Crippen molar-refractivity contribution in [2.24, 2.45) is 0 Å². The number of amides is 2. The molecule has 2 heterocycles. The highest BCUT2D eigenvalue weighted by molar-refractivity contribution is 8.27. The van der Waals surface area contributed by atoms with E-state index in [1.807, 2.05) is 0 Å². The molecule has 0 aromatic heterocycles. The largest absolute Gasteiger partial charge is 0.465 e. The molecule has 1 fully saturated rings. The molecule has 10 heteroatoms. The first kappa shape index (κ1) is 21.8. The van der Waals surface area contributed by atoms with Crippen LogP contribution in [0.3, 0.4) is 0 Å². The van der Waals surface area contributed by atoms with Gasteiger partial charge in [0.15, 0.2) is 4.32 Å². The second-order valence-electron chi connectivity index (χ2n) is 6.52. The van der Waals surface area contributed by atoms with Crippen LogP contribution in [0.4, 0.5) is 11.4 Å². The third-order valence-electron chi connectivity index (χ3n) is 4.67. The normalized spacial score (nSPS) is 18.1. The predicted molar refractivity (Wildman–Crippen MR) is 126 cm³/mol. The lowest BCUT2D eigenvalue weighted by atomic mass is 10.1. The Kier molecular flexibility index (Phi) is 6.07. The predicted octanol–water partition coefficient (Wildman–Crippen LogP) is 4.68. The van der Waals surface area contributed by atoms with E-state index in [-0.39, 0.29) is 33.0 Å². The third-order valence-corrected chi connectivity index (χ3v) is 6.79. The summed E-state index contributed by atoms with van der Waals surface area (Å²) < 4.78 is 5.25. The number of halogens is 2. The lowest BCUT2D eigenvalue weighted by Crippen LogP contribution is -2.34. The minimum Gasteiger partial charge on any atom is -0.465 e. The van der Waals surface area contributed by atoms with Gasteiger partial charge in [0.2, 0.25) is 0 Å². The van der Waals surface area contributed by atoms with Crippen molar-refractivity contribution in [2.45, 2.75) is 6.92 Å². The number of rotatable bonds is 4. The summed E-state index contributed by atoms with van der Waals surface area (Å²) in [5.74, 6) is -1.43. The Morgan fingerprint density at radius 1 is 1.10 bits per heavy atom. The fraction of sp³-hybridized carbons (Fsp3) is 0.143. The smallest absolute Gasteiger partial charge is 0.326 e. The van der Waals surface area contributed by atoms with Crippen LogP contribution in [-0.2, 0) is 19.1 Å². The SMILES string of the molecule is CCOC(=O)CN1C(=O)C(=C2SC(=S)N(c3ccc(Cl)c(Cl)c3)C2=O)c2ccccc21. The van der Waals surface area contributed by atoms with Crippen LogP contribution in [0.1, 0.15) is 12.5 Å². The number of hydrogen-bond donors (Lipinski definition) is 0. The molecule has 0 N–H and O–H groups in total. The molecule has 1 saturated heterocycles. The van der Waals surface area contributed by atoms with Gasteiger partial charge in [-0.05, 0) is 31.2 Å². The van der Waals surface area contributed by atoms with Crippen molar-refractivity contribution in [3.05, 3.63) is 63.0 Å². The quantitative estimate of drug-likeness (QED) is 0.350. The summed E-state index contributed by atoms with van der Waals surface area (Å²) in [6, 6.07) is 11.7. The minimum absolute atomic E-state index is 0.194. The van der Waals surface area contributed by atoms with Gasteiger partial charge in [0.1, 0.15) is 6.54 Å². The van der Waals surface area contributed by atoms with E-state index in [0.29, 0.717) is 22.0 Å². The van der Waals surface area contributed by atoms with Gasteiger partial charge in [-0.2, -0.15) is 0 Å². The first-order chi connectivity index (χ1) is 14.8. The number of ether oxygens (including phenoxy) is 1. The van der Waals surface area contributed by atoms with Crippen LogP contribution in [0.2, 0.25) is 10.0 Å². The summed E-state index contributed by atoms with van der Waals surface area (Å²) in [4.78, 5) is 41.4. The van der Waals surface area contributed by atoms with E-state index in [4.69, 9.17) is 40.2 Å². The molecule has 2 aliphatic heterocycles. The molecule has 0 atom stereocenters. The number of carbonyl (C=O) groups is 3. The first-order valence-corrected chi connectivity index (χ1v) is 11.1. The highest BCUT2D eigenvalue weighted by Gasteiger charge is 2.43. The lowest BCUT2D eigenvalue weighted by Gasteiger charge is -2.16. The maximum absolute atomic E-state index is 13.3. The van der Waals surface area contributed by atoms with E-state index in [0.717, 1.165) is 11.8 Å². The van der Waals surface area contributed by atoms with Crippen molar-refractivity contribution in [2.75, 3.05) is 23.0 Å². The van der Waals surface area contributed by atoms with E-state index in [1.165, 1.54) is 9.80 Å². The third kappa shape index (κ3) is 3.85. The summed E-state index contributed by atoms with van der Waals surface area (Å²) in [5, 5.41) is 0.632. The van der Waals surface area contributed by atoms with Crippen LogP contribution in [0, 0.1) is 0 Å². The zero-order valence-corrected chi connectivity index (χ0v) is 19.2. The summed E-state index contributed by atoms with van der Waals surface area (Å²) in [7, 11) is 0. The molecule has 2 aromatic rings. The average Bonchev–Trinajstić information content (AvgIpc) is 3.17. The van der Waals surface area contributed by atoms with E-state index >= 15 is 0 Å². The Balaban J connectivity index is 1.77. The molecule has 0 radical (unpaired) electrons. The van der Waals surface area contributed by atoms with Crippen LogP contribution in [-0.4, -0.2) is 35.3 Å². The summed E-state index contributed by atoms with van der Waals surface area (Å²) in [6.07, 6.45) is 0. The number of benzene rings is 2. The van der Waals surface area contributed by atoms with E-state index in [2.05, 4.69) is 0 Å². The van der Waals surface area contributed by atoms with E-state index in [9.17, 15) is 14.4 Å². The monoisotopic (exact) mass is 492 g/mol. The molecule has 0 bridgehead atoms. The summed E-state index contributed by atoms with van der Waals surface area (Å²) in [6.45, 7) is 1.65. The van der Waals surface area contributed by atoms with Gasteiger partial charge in [-0.25, -0.2) is 0 Å². The van der Waals surface area contributed by atoms with E-state index < -0.39 is 17.8 Å². The van der Waals surface area contributed by atoms with Gasteiger partial charge in [-0.3, -0.25) is 24.2 Å². The zero-order valence-electron chi connectivity index (χ0n) is 16.1. The standard InChI is InChI=1S/C21H14Cl2N2O4S2/c1-2-29-16(26)10-24-15-6-4-3-5-12(15)17(19(24)27)18-20(28)25(21(30)31-18)11-7-8-13(22)14(23)9-11/h3-9H,2,10H2,1H3. The van der Waals surface area contributed by atoms with Crippen LogP contribution in [0.15, 0.2) is 47.4 Å². The molecule has 158 valence electrons. The molecule has 2 aromatic carbocycles. The number of anilines is 2. The van der Waals surface area contributed by atoms with Gasteiger partial charge in [0, 0.05) is 5.56 Å². The molecule has 6 nitrogen and oxygen atoms in total. The first-order valence-electron chi connectivity index (χ1n) is 9.16. The molecule has 0 aliphatic carbocycles. The highest BCUT2D eigenvalue weighted by atomic mass is 35.5. The Morgan fingerprint density at radius 3 is 2.55 bits per heavy atom. The Hall–Kier alpha value is -2.39. The molecular weight excluding hydrogens is 479 g/mol. The number of para-hydroxylation sites is 1. The number of thioether (sulfide) groups is 1. The second-order valence-corrected chi connectivity index (χ2v) is 8.98. The number of hydrogen-bond acceptors (Lipinski definition) is 6. The number of carbonyl (C=O) groups excluding carboxylic acids is 3. The van der Waals surface area contributed by atoms with Crippen molar-refractivity contribution in [1.82, 2.24) is 0 Å². The highest BCUT2D eigenvalue weighted by Crippen LogP contribution is 2.45. The summed E-state index contributed by atoms with van der Waals surface area (Å²) in [5.41, 5.74) is 1.76. The van der Waals surface area contributed by atoms with Gasteiger partial charge in [0.05, 0.1) is 38.5 Å². The molecule has 0 saturated carbocycles. The fourth-order valence-electron chi connectivity index (χ4n) is 3.36. The van der Waals surface area contributed by atoms with Gasteiger partial charge >= 0.3 is 5.97 Å². The molecule has 2 amide bonds. The Morgan fingerprint density at radius 2 is 1.84 bits per heavy atom. The van der Waals surface area contributed by atoms with Crippen molar-refractivity contribution in [1.29, 1.82) is 0 Å². The van der Waals surface area contributed by atoms with Gasteiger partial charge in [0.25, 0.3) is 11.8 Å². The number of fused-ring (bicyclic) bond motifs is 1. The second kappa shape index (κ2) is 8.63. The number of thiocarbonyl (C=S) groups is 1. The number of nitrogens with zero attached hydrogens (tertiary/aromatic N) is 2. The van der Waals surface area contributed by atoms with Crippen molar-refractivity contribution >= 4 is 86.2 Å². The summed E-state index contributed by atoms with van der Waals surface area (Å²) >= 11 is 18.5. The molecule has 4 rings (SSSR count). The van der Waals surface area contributed by atoms with Crippen molar-refractivity contribution in [3.63, 3.8) is 0 Å². The fourth-order valence-corrected chi connectivity index (χ4v) is 5.02. The molecule has 0 unspecified atom stereocenters. The van der Waals surface area contributed by atoms with Gasteiger partial charge in [-0.1, -0.05) is 65.4 Å². The maximum Gasteiger partial charge on any atom is 0.326 e. The van der Waals surface area contributed by atoms with Crippen LogP contribution in [0.5, 0.6) is 0 Å². The maximum atomic E-state index is 13.3. The van der Waals surface area contributed by atoms with E-state index in [1.54, 1.807) is 49.4 Å². The lowest BCUT2D eigenvalue weighted by molar-refractivity contribution is -0.142. The Bertz CT molecular complexity index is 1180. The van der Waals surface area contributed by atoms with Crippen LogP contribution < -0.4 is 9.80 Å². The minimum atomic E-state index is -0.532. The topological polar surface area (TPSA) is 66.9 Å². The molecule has 31 heavy (non-hydrogen) atoms. The van der Waals surface area contributed by atoms with Crippen LogP contribution in [0.25, 0.3) is 5.57 Å².